The lowest BCUT2D eigenvalue weighted by Gasteiger charge is -2.10. The summed E-state index contributed by atoms with van der Waals surface area (Å²) in [6.45, 7) is 1.93. The molecule has 1 saturated carbocycles. The predicted molar refractivity (Wildman–Crippen MR) is 115 cm³/mol. The van der Waals surface area contributed by atoms with Gasteiger partial charge in [-0.2, -0.15) is 0 Å². The summed E-state index contributed by atoms with van der Waals surface area (Å²) in [5.74, 6) is 0.256. The van der Waals surface area contributed by atoms with Crippen LogP contribution in [-0.2, 0) is 11.2 Å². The number of carbonyl (C=O) groups excluding carboxylic acids is 2. The number of H-pyrrole nitrogens is 1. The molecule has 0 unspecified atom stereocenters. The molecule has 0 aliphatic heterocycles. The van der Waals surface area contributed by atoms with Crippen LogP contribution in [-0.4, -0.2) is 21.8 Å². The molecule has 1 aromatic heterocycles. The van der Waals surface area contributed by atoms with Crippen molar-refractivity contribution in [2.24, 2.45) is 5.92 Å². The first-order valence-electron chi connectivity index (χ1n) is 9.95. The molecule has 0 saturated heterocycles. The highest BCUT2D eigenvalue weighted by Gasteiger charge is 2.29. The number of aromatic nitrogens is 2. The number of anilines is 2. The third-order valence-electron chi connectivity index (χ3n) is 4.89. The number of nitrogens with one attached hydrogen (secondary N) is 3. The van der Waals surface area contributed by atoms with E-state index in [1.165, 1.54) is 6.07 Å². The van der Waals surface area contributed by atoms with Gasteiger partial charge in [0.15, 0.2) is 0 Å². The first-order valence-corrected chi connectivity index (χ1v) is 9.95. The number of benzene rings is 2. The fourth-order valence-corrected chi connectivity index (χ4v) is 3.10. The molecule has 0 atom stereocenters. The Bertz CT molecular complexity index is 1160. The zero-order valence-electron chi connectivity index (χ0n) is 16.6. The number of rotatable bonds is 6. The minimum absolute atomic E-state index is 0.00365. The summed E-state index contributed by atoms with van der Waals surface area (Å²) in [5.41, 5.74) is 2.81. The van der Waals surface area contributed by atoms with Gasteiger partial charge in [0.2, 0.25) is 5.91 Å². The molecular weight excluding hydrogens is 380 g/mol. The molecule has 1 heterocycles. The number of nitrogens with zero attached hydrogens (tertiary/aromatic N) is 1. The molecule has 0 radical (unpaired) electrons. The van der Waals surface area contributed by atoms with Crippen molar-refractivity contribution < 1.29 is 9.59 Å². The van der Waals surface area contributed by atoms with E-state index in [0.717, 1.165) is 12.8 Å². The molecule has 7 nitrogen and oxygen atoms in total. The quantitative estimate of drug-likeness (QED) is 0.586. The minimum atomic E-state index is -0.293. The Morgan fingerprint density at radius 1 is 1.03 bits per heavy atom. The van der Waals surface area contributed by atoms with Crippen LogP contribution >= 0.6 is 0 Å². The van der Waals surface area contributed by atoms with E-state index in [-0.39, 0.29) is 23.3 Å². The number of hydrogen-bond acceptors (Lipinski definition) is 4. The van der Waals surface area contributed by atoms with Gasteiger partial charge in [0, 0.05) is 40.2 Å². The SMILES string of the molecule is CCc1cc(=O)[nH]c(-c2cccc(NC(=O)c3cccc(NC(=O)C4CC4)c3)c2)n1. The fourth-order valence-electron chi connectivity index (χ4n) is 3.10. The summed E-state index contributed by atoms with van der Waals surface area (Å²) in [6, 6.07) is 15.5. The van der Waals surface area contributed by atoms with Crippen molar-refractivity contribution in [2.75, 3.05) is 10.6 Å². The molecule has 2 amide bonds. The number of hydrogen-bond donors (Lipinski definition) is 3. The van der Waals surface area contributed by atoms with Gasteiger partial charge in [0.05, 0.1) is 0 Å². The van der Waals surface area contributed by atoms with Gasteiger partial charge < -0.3 is 15.6 Å². The van der Waals surface area contributed by atoms with Crippen molar-refractivity contribution in [3.05, 3.63) is 76.2 Å². The van der Waals surface area contributed by atoms with Gasteiger partial charge in [0.25, 0.3) is 11.5 Å². The highest BCUT2D eigenvalue weighted by atomic mass is 16.2. The summed E-state index contributed by atoms with van der Waals surface area (Å²) < 4.78 is 0. The van der Waals surface area contributed by atoms with Crippen molar-refractivity contribution in [2.45, 2.75) is 26.2 Å². The highest BCUT2D eigenvalue weighted by Crippen LogP contribution is 2.30. The van der Waals surface area contributed by atoms with Crippen LogP contribution in [0.5, 0.6) is 0 Å². The second-order valence-electron chi connectivity index (χ2n) is 7.32. The van der Waals surface area contributed by atoms with E-state index in [0.29, 0.717) is 40.4 Å². The van der Waals surface area contributed by atoms with E-state index < -0.39 is 0 Å². The molecule has 7 heteroatoms. The standard InChI is InChI=1S/C23H22N4O3/c1-2-17-13-20(28)27-21(24-17)15-5-3-7-18(11-15)26-23(30)16-6-4-8-19(12-16)25-22(29)14-9-10-14/h3-8,11-14H,2,9-10H2,1H3,(H,25,29)(H,26,30)(H,24,27,28). The molecule has 152 valence electrons. The third kappa shape index (κ3) is 4.63. The Hall–Kier alpha value is -3.74. The van der Waals surface area contributed by atoms with Crippen molar-refractivity contribution >= 4 is 23.2 Å². The molecule has 2 aromatic carbocycles. The monoisotopic (exact) mass is 402 g/mol. The van der Waals surface area contributed by atoms with Gasteiger partial charge in [-0.05, 0) is 49.6 Å². The average Bonchev–Trinajstić information content (AvgIpc) is 3.59. The maximum absolute atomic E-state index is 12.7. The lowest BCUT2D eigenvalue weighted by atomic mass is 10.1. The van der Waals surface area contributed by atoms with Crippen molar-refractivity contribution in [1.82, 2.24) is 9.97 Å². The van der Waals surface area contributed by atoms with E-state index in [1.54, 1.807) is 42.5 Å². The van der Waals surface area contributed by atoms with Gasteiger partial charge in [-0.3, -0.25) is 14.4 Å². The summed E-state index contributed by atoms with van der Waals surface area (Å²) >= 11 is 0. The van der Waals surface area contributed by atoms with Gasteiger partial charge in [-0.15, -0.1) is 0 Å². The van der Waals surface area contributed by atoms with Crippen LogP contribution < -0.4 is 16.2 Å². The van der Waals surface area contributed by atoms with E-state index in [1.807, 2.05) is 13.0 Å². The zero-order valence-corrected chi connectivity index (χ0v) is 16.6. The normalized spacial score (nSPS) is 13.0. The van der Waals surface area contributed by atoms with E-state index in [4.69, 9.17) is 0 Å². The first-order chi connectivity index (χ1) is 14.5. The largest absolute Gasteiger partial charge is 0.326 e. The lowest BCUT2D eigenvalue weighted by Crippen LogP contribution is -2.15. The van der Waals surface area contributed by atoms with E-state index >= 15 is 0 Å². The van der Waals surface area contributed by atoms with E-state index in [9.17, 15) is 14.4 Å². The van der Waals surface area contributed by atoms with Crippen LogP contribution in [0.25, 0.3) is 11.4 Å². The second kappa shape index (κ2) is 8.32. The van der Waals surface area contributed by atoms with Crippen molar-refractivity contribution in [3.8, 4) is 11.4 Å². The Balaban J connectivity index is 1.51. The Morgan fingerprint density at radius 2 is 1.77 bits per heavy atom. The molecule has 1 aliphatic carbocycles. The van der Waals surface area contributed by atoms with Crippen LogP contribution in [0.3, 0.4) is 0 Å². The first kappa shape index (κ1) is 19.6. The summed E-state index contributed by atoms with van der Waals surface area (Å²) in [6.07, 6.45) is 2.49. The number of amides is 2. The predicted octanol–water partition coefficient (Wildman–Crippen LogP) is 3.60. The summed E-state index contributed by atoms with van der Waals surface area (Å²) in [5, 5.41) is 5.70. The molecular formula is C23H22N4O3. The number of aromatic amines is 1. The van der Waals surface area contributed by atoms with Gasteiger partial charge in [-0.1, -0.05) is 25.1 Å². The molecule has 1 aliphatic rings. The molecule has 3 N–H and O–H groups in total. The second-order valence-corrected chi connectivity index (χ2v) is 7.32. The van der Waals surface area contributed by atoms with Gasteiger partial charge >= 0.3 is 0 Å². The maximum Gasteiger partial charge on any atom is 0.255 e. The topological polar surface area (TPSA) is 104 Å². The Labute approximate surface area is 173 Å². The van der Waals surface area contributed by atoms with Crippen LogP contribution in [0.15, 0.2) is 59.4 Å². The highest BCUT2D eigenvalue weighted by molar-refractivity contribution is 6.05. The van der Waals surface area contributed by atoms with Crippen molar-refractivity contribution in [3.63, 3.8) is 0 Å². The average molecular weight is 402 g/mol. The fraction of sp³-hybridized carbons (Fsp3) is 0.217. The molecule has 3 aromatic rings. The summed E-state index contributed by atoms with van der Waals surface area (Å²) in [4.78, 5) is 43.7. The molecule has 0 spiro atoms. The third-order valence-corrected chi connectivity index (χ3v) is 4.89. The van der Waals surface area contributed by atoms with Crippen LogP contribution in [0.4, 0.5) is 11.4 Å². The lowest BCUT2D eigenvalue weighted by molar-refractivity contribution is -0.117. The summed E-state index contributed by atoms with van der Waals surface area (Å²) in [7, 11) is 0. The minimum Gasteiger partial charge on any atom is -0.326 e. The number of carbonyl (C=O) groups is 2. The van der Waals surface area contributed by atoms with Crippen LogP contribution in [0, 0.1) is 5.92 Å². The molecule has 0 bridgehead atoms. The van der Waals surface area contributed by atoms with Crippen molar-refractivity contribution in [1.29, 1.82) is 0 Å². The van der Waals surface area contributed by atoms with Crippen LogP contribution in [0.2, 0.25) is 0 Å². The molecule has 30 heavy (non-hydrogen) atoms. The maximum atomic E-state index is 12.7. The molecule has 4 rings (SSSR count). The van der Waals surface area contributed by atoms with E-state index in [2.05, 4.69) is 20.6 Å². The van der Waals surface area contributed by atoms with Crippen LogP contribution in [0.1, 0.15) is 35.8 Å². The van der Waals surface area contributed by atoms with Gasteiger partial charge in [0.1, 0.15) is 5.82 Å². The van der Waals surface area contributed by atoms with Gasteiger partial charge in [-0.25, -0.2) is 4.98 Å². The number of aryl methyl sites for hydroxylation is 1. The smallest absolute Gasteiger partial charge is 0.255 e. The molecule has 1 fully saturated rings. The Kier molecular flexibility index (Phi) is 5.43. The Morgan fingerprint density at radius 3 is 2.50 bits per heavy atom. The zero-order chi connectivity index (χ0) is 21.1.